The molecule has 6 atom stereocenters. The van der Waals surface area contributed by atoms with Crippen LogP contribution in [-0.4, -0.2) is 72.4 Å². The second-order valence-corrected chi connectivity index (χ2v) is 8.63. The normalized spacial score (nSPS) is 23.9. The molecule has 2 aromatic heterocycles. The number of rotatable bonds is 9. The maximum absolute atomic E-state index is 10.6. The van der Waals surface area contributed by atoms with Gasteiger partial charge < -0.3 is 25.0 Å². The molecule has 1 aliphatic rings. The van der Waals surface area contributed by atoms with Crippen LogP contribution in [0.25, 0.3) is 0 Å². The standard InChI is InChI=1S/C23H30N8O4/c1-12(13(2)20-18(32)19(33)21(35-20)23-28-30-31-29-23)9-24-17-14(3)26-11-27-22(17)25-10-15-5-7-16(34-4)8-6-15/h5-9,11-13,18-21,32-33H,10H2,1-4H3,(H,25,26,27)(H,28,29,30,31)/t12-,13+,18?,19?,20?,21?/m0/s1. The predicted octanol–water partition coefficient (Wildman–Crippen LogP) is 1.76. The zero-order valence-electron chi connectivity index (χ0n) is 20.0. The lowest BCUT2D eigenvalue weighted by Gasteiger charge is -2.25. The van der Waals surface area contributed by atoms with E-state index >= 15 is 0 Å². The van der Waals surface area contributed by atoms with E-state index in [2.05, 4.69) is 40.9 Å². The van der Waals surface area contributed by atoms with E-state index in [1.807, 2.05) is 45.0 Å². The largest absolute Gasteiger partial charge is 0.497 e. The quantitative estimate of drug-likeness (QED) is 0.330. The Bertz CT molecular complexity index is 1130. The number of aliphatic hydroxyl groups excluding tert-OH is 2. The smallest absolute Gasteiger partial charge is 0.206 e. The molecule has 12 nitrogen and oxygen atoms in total. The lowest BCUT2D eigenvalue weighted by Crippen LogP contribution is -2.37. The van der Waals surface area contributed by atoms with E-state index in [-0.39, 0.29) is 17.7 Å². The zero-order valence-corrected chi connectivity index (χ0v) is 20.0. The third kappa shape index (κ3) is 5.45. The summed E-state index contributed by atoms with van der Waals surface area (Å²) in [6.07, 6.45) is -0.428. The van der Waals surface area contributed by atoms with Crippen molar-refractivity contribution in [1.29, 1.82) is 0 Å². The molecule has 4 unspecified atom stereocenters. The Morgan fingerprint density at radius 3 is 2.66 bits per heavy atom. The molecule has 3 aromatic rings. The van der Waals surface area contributed by atoms with Crippen LogP contribution in [-0.2, 0) is 11.3 Å². The number of tetrazole rings is 1. The molecule has 0 amide bonds. The number of aromatic nitrogens is 6. The number of nitrogens with zero attached hydrogens (tertiary/aromatic N) is 6. The highest BCUT2D eigenvalue weighted by atomic mass is 16.5. The van der Waals surface area contributed by atoms with Crippen molar-refractivity contribution in [3.05, 3.63) is 47.7 Å². The topological polar surface area (TPSA) is 164 Å². The maximum Gasteiger partial charge on any atom is 0.206 e. The van der Waals surface area contributed by atoms with E-state index < -0.39 is 24.4 Å². The van der Waals surface area contributed by atoms with E-state index in [1.165, 1.54) is 6.33 Å². The molecule has 1 fully saturated rings. The lowest BCUT2D eigenvalue weighted by molar-refractivity contribution is -0.0309. The zero-order chi connectivity index (χ0) is 24.9. The second kappa shape index (κ2) is 10.8. The van der Waals surface area contributed by atoms with Gasteiger partial charge in [0.15, 0.2) is 5.82 Å². The van der Waals surface area contributed by atoms with Crippen LogP contribution >= 0.6 is 0 Å². The first kappa shape index (κ1) is 24.6. The summed E-state index contributed by atoms with van der Waals surface area (Å²) in [7, 11) is 1.64. The number of ether oxygens (including phenoxy) is 2. The van der Waals surface area contributed by atoms with Gasteiger partial charge in [-0.3, -0.25) is 4.99 Å². The van der Waals surface area contributed by atoms with Crippen LogP contribution in [0.3, 0.4) is 0 Å². The van der Waals surface area contributed by atoms with Crippen molar-refractivity contribution in [2.75, 3.05) is 12.4 Å². The average Bonchev–Trinajstić information content (AvgIpc) is 3.50. The molecule has 0 aliphatic carbocycles. The third-order valence-electron chi connectivity index (χ3n) is 6.33. The number of methoxy groups -OCH3 is 1. The molecule has 0 saturated carbocycles. The summed E-state index contributed by atoms with van der Waals surface area (Å²) in [6, 6.07) is 7.78. The average molecular weight is 483 g/mol. The van der Waals surface area contributed by atoms with Crippen molar-refractivity contribution in [1.82, 2.24) is 30.6 Å². The molecule has 4 rings (SSSR count). The number of nitrogens with one attached hydrogen (secondary N) is 2. The number of hydrogen-bond acceptors (Lipinski definition) is 11. The summed E-state index contributed by atoms with van der Waals surface area (Å²) >= 11 is 0. The number of aliphatic imine (C=N–C) groups is 1. The van der Waals surface area contributed by atoms with Gasteiger partial charge in [-0.15, -0.1) is 10.2 Å². The number of aromatic amines is 1. The lowest BCUT2D eigenvalue weighted by atomic mass is 9.88. The van der Waals surface area contributed by atoms with Crippen molar-refractivity contribution >= 4 is 17.7 Å². The summed E-state index contributed by atoms with van der Waals surface area (Å²) < 4.78 is 11.1. The Morgan fingerprint density at radius 1 is 1.20 bits per heavy atom. The first-order valence-electron chi connectivity index (χ1n) is 11.4. The summed E-state index contributed by atoms with van der Waals surface area (Å²) in [5.74, 6) is 1.36. The molecule has 3 heterocycles. The van der Waals surface area contributed by atoms with Crippen LogP contribution in [0, 0.1) is 18.8 Å². The molecular formula is C23H30N8O4. The first-order chi connectivity index (χ1) is 16.9. The Morgan fingerprint density at radius 2 is 1.97 bits per heavy atom. The van der Waals surface area contributed by atoms with E-state index in [0.717, 1.165) is 17.0 Å². The fourth-order valence-corrected chi connectivity index (χ4v) is 3.95. The van der Waals surface area contributed by atoms with Gasteiger partial charge in [-0.2, -0.15) is 5.21 Å². The highest BCUT2D eigenvalue weighted by Gasteiger charge is 2.48. The Labute approximate surface area is 202 Å². The van der Waals surface area contributed by atoms with Gasteiger partial charge in [0.05, 0.1) is 18.9 Å². The minimum absolute atomic E-state index is 0.0973. The SMILES string of the molecule is COc1ccc(CNc2ncnc(C)c2N=C[C@H](C)[C@@H](C)C2OC(c3nn[nH]n3)C(O)C2O)cc1. The highest BCUT2D eigenvalue weighted by molar-refractivity contribution is 5.72. The van der Waals surface area contributed by atoms with Crippen LogP contribution in [0.4, 0.5) is 11.5 Å². The third-order valence-corrected chi connectivity index (χ3v) is 6.33. The van der Waals surface area contributed by atoms with E-state index in [9.17, 15) is 10.2 Å². The number of H-pyrrole nitrogens is 1. The molecule has 186 valence electrons. The van der Waals surface area contributed by atoms with Gasteiger partial charge in [0.25, 0.3) is 0 Å². The Kier molecular flexibility index (Phi) is 7.63. The number of aliphatic hydroxyl groups is 2. The first-order valence-corrected chi connectivity index (χ1v) is 11.4. The van der Waals surface area contributed by atoms with E-state index in [1.54, 1.807) is 13.3 Å². The van der Waals surface area contributed by atoms with Gasteiger partial charge in [-0.05, 0) is 36.5 Å². The van der Waals surface area contributed by atoms with Gasteiger partial charge in [0.1, 0.15) is 36.1 Å². The maximum atomic E-state index is 10.6. The summed E-state index contributed by atoms with van der Waals surface area (Å²) in [4.78, 5) is 13.3. The molecule has 1 saturated heterocycles. The van der Waals surface area contributed by atoms with Gasteiger partial charge in [-0.1, -0.05) is 31.2 Å². The number of aryl methyl sites for hydroxylation is 1. The van der Waals surface area contributed by atoms with Crippen LogP contribution in [0.15, 0.2) is 35.6 Å². The highest BCUT2D eigenvalue weighted by Crippen LogP contribution is 2.37. The van der Waals surface area contributed by atoms with Crippen molar-refractivity contribution < 1.29 is 19.7 Å². The predicted molar refractivity (Wildman–Crippen MR) is 127 cm³/mol. The molecular weight excluding hydrogens is 452 g/mol. The monoisotopic (exact) mass is 482 g/mol. The van der Waals surface area contributed by atoms with E-state index in [4.69, 9.17) is 9.47 Å². The number of benzene rings is 1. The molecule has 1 aromatic carbocycles. The fraction of sp³-hybridized carbons (Fsp3) is 0.478. The van der Waals surface area contributed by atoms with Gasteiger partial charge in [0.2, 0.25) is 5.82 Å². The van der Waals surface area contributed by atoms with Crippen LogP contribution in [0.2, 0.25) is 0 Å². The van der Waals surface area contributed by atoms with Crippen molar-refractivity contribution in [3.63, 3.8) is 0 Å². The molecule has 35 heavy (non-hydrogen) atoms. The molecule has 0 radical (unpaired) electrons. The molecule has 1 aliphatic heterocycles. The Hall–Kier alpha value is -3.48. The number of hydrogen-bond donors (Lipinski definition) is 4. The molecule has 0 spiro atoms. The second-order valence-electron chi connectivity index (χ2n) is 8.63. The summed E-state index contributed by atoms with van der Waals surface area (Å²) in [6.45, 7) is 6.35. The summed E-state index contributed by atoms with van der Waals surface area (Å²) in [5.41, 5.74) is 2.44. The fourth-order valence-electron chi connectivity index (χ4n) is 3.95. The van der Waals surface area contributed by atoms with Gasteiger partial charge >= 0.3 is 0 Å². The molecule has 4 N–H and O–H groups in total. The molecule has 12 heteroatoms. The number of anilines is 1. The van der Waals surface area contributed by atoms with Crippen LogP contribution in [0.1, 0.15) is 37.0 Å². The minimum Gasteiger partial charge on any atom is -0.497 e. The van der Waals surface area contributed by atoms with Gasteiger partial charge in [-0.25, -0.2) is 9.97 Å². The van der Waals surface area contributed by atoms with Crippen molar-refractivity contribution in [3.8, 4) is 5.75 Å². The van der Waals surface area contributed by atoms with Crippen LogP contribution in [0.5, 0.6) is 5.75 Å². The minimum atomic E-state index is -1.15. The summed E-state index contributed by atoms with van der Waals surface area (Å²) in [5, 5.41) is 37.9. The Balaban J connectivity index is 1.44. The van der Waals surface area contributed by atoms with Crippen molar-refractivity contribution in [2.24, 2.45) is 16.8 Å². The van der Waals surface area contributed by atoms with E-state index in [0.29, 0.717) is 18.1 Å². The van der Waals surface area contributed by atoms with Gasteiger partial charge in [0, 0.05) is 12.8 Å². The van der Waals surface area contributed by atoms with Crippen molar-refractivity contribution in [2.45, 2.75) is 51.7 Å². The van der Waals surface area contributed by atoms with Crippen LogP contribution < -0.4 is 10.1 Å². The molecule has 0 bridgehead atoms.